The average Bonchev–Trinajstić information content (AvgIpc) is 3.34. The maximum absolute atomic E-state index is 13.4. The first-order chi connectivity index (χ1) is 17.2. The molecule has 1 aliphatic rings. The van der Waals surface area contributed by atoms with Crippen molar-refractivity contribution in [3.63, 3.8) is 0 Å². The molecule has 0 spiro atoms. The van der Waals surface area contributed by atoms with E-state index in [9.17, 15) is 18.3 Å². The molecular weight excluding hydrogens is 485 g/mol. The third-order valence-corrected chi connectivity index (χ3v) is 6.77. The number of anilines is 1. The number of phenols is 1. The number of rotatable bonds is 4. The van der Waals surface area contributed by atoms with Crippen LogP contribution in [0, 0.1) is 13.8 Å². The van der Waals surface area contributed by atoms with E-state index in [1.54, 1.807) is 30.5 Å². The summed E-state index contributed by atoms with van der Waals surface area (Å²) in [6, 6.07) is 19.0. The monoisotopic (exact) mass is 508 g/mol. The predicted molar refractivity (Wildman–Crippen MR) is 136 cm³/mol. The Morgan fingerprint density at radius 1 is 0.972 bits per heavy atom. The summed E-state index contributed by atoms with van der Waals surface area (Å²) >= 11 is 5.71. The van der Waals surface area contributed by atoms with Crippen LogP contribution in [0.4, 0.5) is 18.9 Å². The number of hydrogen-bond donors (Lipinski definition) is 2. The smallest absolute Gasteiger partial charge is 0.416 e. The van der Waals surface area contributed by atoms with Gasteiger partial charge in [-0.2, -0.15) is 13.2 Å². The highest BCUT2D eigenvalue weighted by atomic mass is 32.1. The number of halogens is 3. The molecule has 2 aromatic heterocycles. The molecule has 3 heterocycles. The summed E-state index contributed by atoms with van der Waals surface area (Å²) in [7, 11) is 0. The van der Waals surface area contributed by atoms with E-state index in [1.807, 2.05) is 53.6 Å². The molecule has 0 radical (unpaired) electrons. The van der Waals surface area contributed by atoms with E-state index in [0.717, 1.165) is 34.8 Å². The van der Waals surface area contributed by atoms with Gasteiger partial charge in [0, 0.05) is 23.3 Å². The highest BCUT2D eigenvalue weighted by Crippen LogP contribution is 2.46. The Hall–Kier alpha value is -3.85. The molecule has 1 fully saturated rings. The van der Waals surface area contributed by atoms with Crippen molar-refractivity contribution in [2.24, 2.45) is 0 Å². The molecule has 0 amide bonds. The summed E-state index contributed by atoms with van der Waals surface area (Å²) in [5, 5.41) is 14.4. The van der Waals surface area contributed by atoms with E-state index in [1.165, 1.54) is 6.07 Å². The van der Waals surface area contributed by atoms with Crippen LogP contribution in [0.2, 0.25) is 0 Å². The zero-order valence-corrected chi connectivity index (χ0v) is 20.3. The zero-order chi connectivity index (χ0) is 25.6. The molecule has 2 aromatic carbocycles. The van der Waals surface area contributed by atoms with Gasteiger partial charge in [-0.25, -0.2) is 0 Å². The molecule has 0 aliphatic carbocycles. The molecule has 2 N–H and O–H groups in total. The molecule has 2 atom stereocenters. The van der Waals surface area contributed by atoms with Gasteiger partial charge in [-0.05, 0) is 80.2 Å². The summed E-state index contributed by atoms with van der Waals surface area (Å²) in [6.07, 6.45) is -2.74. The van der Waals surface area contributed by atoms with Crippen molar-refractivity contribution in [3.8, 4) is 11.4 Å². The fraction of sp³-hybridized carbons (Fsp3) is 0.185. The molecule has 9 heteroatoms. The fourth-order valence-corrected chi connectivity index (χ4v) is 5.24. The largest absolute Gasteiger partial charge is 0.506 e. The number of thiocarbonyl (C=S) groups is 1. The van der Waals surface area contributed by atoms with Gasteiger partial charge in [-0.1, -0.05) is 24.3 Å². The van der Waals surface area contributed by atoms with Crippen LogP contribution in [0.15, 0.2) is 79.0 Å². The van der Waals surface area contributed by atoms with Gasteiger partial charge >= 0.3 is 6.18 Å². The Bertz CT molecular complexity index is 1430. The summed E-state index contributed by atoms with van der Waals surface area (Å²) in [5.74, 6) is 0.0695. The number of phenolic OH excluding ortho intramolecular Hbond substituents is 1. The number of hydrogen-bond acceptors (Lipinski definition) is 3. The fourth-order valence-electron chi connectivity index (χ4n) is 4.90. The predicted octanol–water partition coefficient (Wildman–Crippen LogP) is 6.39. The lowest BCUT2D eigenvalue weighted by Gasteiger charge is -2.28. The third-order valence-electron chi connectivity index (χ3n) is 6.46. The maximum atomic E-state index is 13.4. The summed E-state index contributed by atoms with van der Waals surface area (Å²) in [4.78, 5) is 6.38. The molecule has 5 nitrogen and oxygen atoms in total. The second-order valence-electron chi connectivity index (χ2n) is 8.70. The average molecular weight is 509 g/mol. The molecular formula is C27H23F3N4OS. The standard InChI is InChI=1S/C27H23F3N4OS/c1-16-14-20(17(2)33(16)19-9-7-8-18(15-19)27(28,29)30)25-24(21-10-5-6-13-31-21)32-26(36)34(25)22-11-3-4-12-23(22)35/h3-15,24-25,35H,1-2H3,(H,32,36)/t24-,25+/m0/s1. The molecule has 0 bridgehead atoms. The van der Waals surface area contributed by atoms with Crippen molar-refractivity contribution in [1.82, 2.24) is 14.9 Å². The van der Waals surface area contributed by atoms with Gasteiger partial charge in [-0.15, -0.1) is 0 Å². The van der Waals surface area contributed by atoms with E-state index in [0.29, 0.717) is 16.5 Å². The van der Waals surface area contributed by atoms with Crippen molar-refractivity contribution >= 4 is 23.0 Å². The number of alkyl halides is 3. The van der Waals surface area contributed by atoms with Crippen LogP contribution in [-0.4, -0.2) is 19.8 Å². The lowest BCUT2D eigenvalue weighted by atomic mass is 9.96. The Morgan fingerprint density at radius 2 is 1.72 bits per heavy atom. The molecule has 184 valence electrons. The summed E-state index contributed by atoms with van der Waals surface area (Å²) < 4.78 is 42.1. The van der Waals surface area contributed by atoms with E-state index < -0.39 is 17.8 Å². The van der Waals surface area contributed by atoms with Crippen molar-refractivity contribution in [3.05, 3.63) is 107 Å². The first-order valence-electron chi connectivity index (χ1n) is 11.3. The van der Waals surface area contributed by atoms with Crippen molar-refractivity contribution in [1.29, 1.82) is 0 Å². The minimum absolute atomic E-state index is 0.0695. The number of nitrogens with zero attached hydrogens (tertiary/aromatic N) is 3. The van der Waals surface area contributed by atoms with E-state index >= 15 is 0 Å². The lowest BCUT2D eigenvalue weighted by molar-refractivity contribution is -0.137. The minimum Gasteiger partial charge on any atom is -0.506 e. The van der Waals surface area contributed by atoms with Crippen LogP contribution in [0.1, 0.15) is 40.3 Å². The van der Waals surface area contributed by atoms with Crippen LogP contribution < -0.4 is 10.2 Å². The number of para-hydroxylation sites is 2. The van der Waals surface area contributed by atoms with Crippen molar-refractivity contribution in [2.45, 2.75) is 32.1 Å². The number of aryl methyl sites for hydroxylation is 1. The molecule has 5 rings (SSSR count). The Kier molecular flexibility index (Phi) is 5.96. The van der Waals surface area contributed by atoms with Crippen LogP contribution in [0.5, 0.6) is 5.75 Å². The molecule has 1 aliphatic heterocycles. The number of nitrogens with one attached hydrogen (secondary N) is 1. The van der Waals surface area contributed by atoms with Gasteiger partial charge in [0.05, 0.1) is 29.0 Å². The van der Waals surface area contributed by atoms with Crippen molar-refractivity contribution < 1.29 is 18.3 Å². The van der Waals surface area contributed by atoms with E-state index in [4.69, 9.17) is 12.2 Å². The zero-order valence-electron chi connectivity index (χ0n) is 19.5. The molecule has 0 unspecified atom stereocenters. The number of aromatic hydroxyl groups is 1. The number of pyridine rings is 1. The Labute approximate surface area is 211 Å². The highest BCUT2D eigenvalue weighted by molar-refractivity contribution is 7.80. The second-order valence-corrected chi connectivity index (χ2v) is 9.08. The normalized spacial score (nSPS) is 17.9. The maximum Gasteiger partial charge on any atom is 0.416 e. The Balaban J connectivity index is 1.69. The molecule has 1 saturated heterocycles. The van der Waals surface area contributed by atoms with Gasteiger partial charge in [-0.3, -0.25) is 4.98 Å². The SMILES string of the molecule is Cc1cc([C@@H]2[C@H](c3ccccn3)NC(=S)N2c2ccccc2O)c(C)n1-c1cccc(C(F)(F)F)c1. The number of benzene rings is 2. The van der Waals surface area contributed by atoms with Crippen LogP contribution in [-0.2, 0) is 6.18 Å². The lowest BCUT2D eigenvalue weighted by Crippen LogP contribution is -2.29. The van der Waals surface area contributed by atoms with E-state index in [2.05, 4.69) is 10.3 Å². The van der Waals surface area contributed by atoms with Gasteiger partial charge in [0.1, 0.15) is 5.75 Å². The first kappa shape index (κ1) is 23.9. The summed E-state index contributed by atoms with van der Waals surface area (Å²) in [5.41, 5.74) is 3.40. The highest BCUT2D eigenvalue weighted by Gasteiger charge is 2.43. The van der Waals surface area contributed by atoms with Gasteiger partial charge in [0.2, 0.25) is 0 Å². The van der Waals surface area contributed by atoms with Crippen LogP contribution in [0.3, 0.4) is 0 Å². The van der Waals surface area contributed by atoms with Crippen LogP contribution in [0.25, 0.3) is 5.69 Å². The third kappa shape index (κ3) is 4.09. The van der Waals surface area contributed by atoms with Gasteiger partial charge < -0.3 is 19.9 Å². The summed E-state index contributed by atoms with van der Waals surface area (Å²) in [6.45, 7) is 3.74. The van der Waals surface area contributed by atoms with Gasteiger partial charge in [0.25, 0.3) is 0 Å². The van der Waals surface area contributed by atoms with Crippen molar-refractivity contribution in [2.75, 3.05) is 4.90 Å². The quantitative estimate of drug-likeness (QED) is 0.313. The number of aromatic nitrogens is 2. The molecule has 36 heavy (non-hydrogen) atoms. The molecule has 4 aromatic rings. The second kappa shape index (κ2) is 8.98. The van der Waals surface area contributed by atoms with Crippen LogP contribution >= 0.6 is 12.2 Å². The first-order valence-corrected chi connectivity index (χ1v) is 11.7. The topological polar surface area (TPSA) is 53.3 Å². The van der Waals surface area contributed by atoms with Gasteiger partial charge in [0.15, 0.2) is 5.11 Å². The van der Waals surface area contributed by atoms with E-state index in [-0.39, 0.29) is 11.8 Å². The molecule has 0 saturated carbocycles. The Morgan fingerprint density at radius 3 is 2.42 bits per heavy atom. The minimum atomic E-state index is -4.44.